The summed E-state index contributed by atoms with van der Waals surface area (Å²) in [4.78, 5) is 11.0. The molecule has 0 bridgehead atoms. The molecule has 1 aromatic carbocycles. The number of hydrogen-bond acceptors (Lipinski definition) is 2. The zero-order valence-corrected chi connectivity index (χ0v) is 9.32. The van der Waals surface area contributed by atoms with E-state index in [1.165, 1.54) is 6.07 Å². The predicted octanol–water partition coefficient (Wildman–Crippen LogP) is 3.70. The predicted molar refractivity (Wildman–Crippen MR) is 57.1 cm³/mol. The van der Waals surface area contributed by atoms with Gasteiger partial charge in [0, 0.05) is 0 Å². The van der Waals surface area contributed by atoms with Gasteiger partial charge in [-0.15, -0.1) is 0 Å². The number of nitrogens with one attached hydrogen (secondary N) is 1. The Bertz CT molecular complexity index is 385. The maximum Gasteiger partial charge on any atom is 0.411 e. The summed E-state index contributed by atoms with van der Waals surface area (Å²) in [5.74, 6) is -0.669. The van der Waals surface area contributed by atoms with Crippen LogP contribution in [0.3, 0.4) is 0 Å². The van der Waals surface area contributed by atoms with Crippen molar-refractivity contribution in [1.82, 2.24) is 0 Å². The van der Waals surface area contributed by atoms with Gasteiger partial charge in [0.15, 0.2) is 0 Å². The topological polar surface area (TPSA) is 38.3 Å². The third kappa shape index (κ3) is 3.25. The summed E-state index contributed by atoms with van der Waals surface area (Å²) in [6, 6.07) is 2.24. The molecule has 0 radical (unpaired) electrons. The monoisotopic (exact) mass is 251 g/mol. The molecule has 0 heterocycles. The number of benzene rings is 1. The molecule has 0 aliphatic carbocycles. The Kier molecular flexibility index (Phi) is 4.17. The summed E-state index contributed by atoms with van der Waals surface area (Å²) < 4.78 is 17.8. The highest BCUT2D eigenvalue weighted by Crippen LogP contribution is 2.28. The maximum absolute atomic E-state index is 13.2. The van der Waals surface area contributed by atoms with Crippen molar-refractivity contribution in [2.45, 2.75) is 6.92 Å². The largest absolute Gasteiger partial charge is 0.450 e. The number of ether oxygens (including phenoxy) is 1. The van der Waals surface area contributed by atoms with Gasteiger partial charge in [-0.25, -0.2) is 9.18 Å². The third-order valence-corrected chi connectivity index (χ3v) is 2.24. The van der Waals surface area contributed by atoms with Gasteiger partial charge in [-0.3, -0.25) is 5.32 Å². The van der Waals surface area contributed by atoms with Crippen molar-refractivity contribution < 1.29 is 13.9 Å². The van der Waals surface area contributed by atoms with Crippen LogP contribution in [0.15, 0.2) is 12.1 Å². The van der Waals surface area contributed by atoms with Crippen molar-refractivity contribution in [3.05, 3.63) is 28.0 Å². The van der Waals surface area contributed by atoms with Crippen LogP contribution in [0, 0.1) is 5.82 Å². The molecule has 0 aromatic heterocycles. The van der Waals surface area contributed by atoms with Crippen LogP contribution in [-0.2, 0) is 4.74 Å². The number of hydrogen-bond donors (Lipinski definition) is 1. The smallest absolute Gasteiger partial charge is 0.411 e. The Labute approximate surface area is 96.1 Å². The minimum atomic E-state index is -0.741. The molecule has 15 heavy (non-hydrogen) atoms. The molecule has 0 unspecified atom stereocenters. The summed E-state index contributed by atoms with van der Waals surface area (Å²) >= 11 is 11.2. The van der Waals surface area contributed by atoms with E-state index in [9.17, 15) is 9.18 Å². The van der Waals surface area contributed by atoms with Gasteiger partial charge < -0.3 is 4.74 Å². The molecule has 1 aromatic rings. The van der Waals surface area contributed by atoms with Crippen molar-refractivity contribution >= 4 is 35.0 Å². The van der Waals surface area contributed by atoms with Crippen molar-refractivity contribution in [3.63, 3.8) is 0 Å². The Hall–Kier alpha value is -1.00. The Morgan fingerprint density at radius 1 is 1.47 bits per heavy atom. The Morgan fingerprint density at radius 2 is 2.07 bits per heavy atom. The standard InChI is InChI=1S/C9H8Cl2FNO2/c1-2-15-9(14)13-8-4-6(11)5(10)3-7(8)12/h3-4H,2H2,1H3,(H,13,14). The van der Waals surface area contributed by atoms with Gasteiger partial charge in [0.05, 0.1) is 22.3 Å². The summed E-state index contributed by atoms with van der Waals surface area (Å²) in [7, 11) is 0. The quantitative estimate of drug-likeness (QED) is 0.815. The molecule has 6 heteroatoms. The van der Waals surface area contributed by atoms with Crippen molar-refractivity contribution in [3.8, 4) is 0 Å². The lowest BCUT2D eigenvalue weighted by Gasteiger charge is -2.07. The molecule has 1 amide bonds. The SMILES string of the molecule is CCOC(=O)Nc1cc(Cl)c(Cl)cc1F. The molecule has 0 aliphatic rings. The first-order valence-electron chi connectivity index (χ1n) is 4.13. The van der Waals surface area contributed by atoms with Gasteiger partial charge in [-0.05, 0) is 19.1 Å². The minimum Gasteiger partial charge on any atom is -0.450 e. The molecule has 0 spiro atoms. The normalized spacial score (nSPS) is 9.87. The van der Waals surface area contributed by atoms with E-state index >= 15 is 0 Å². The van der Waals surface area contributed by atoms with Crippen LogP contribution in [0.5, 0.6) is 0 Å². The van der Waals surface area contributed by atoms with Crippen LogP contribution in [0.4, 0.5) is 14.9 Å². The van der Waals surface area contributed by atoms with E-state index in [1.54, 1.807) is 6.92 Å². The van der Waals surface area contributed by atoms with Crippen molar-refractivity contribution in [1.29, 1.82) is 0 Å². The molecule has 82 valence electrons. The average molecular weight is 252 g/mol. The molecule has 0 fully saturated rings. The number of carbonyl (C=O) groups is 1. The minimum absolute atomic E-state index is 0.0668. The Morgan fingerprint density at radius 3 is 2.67 bits per heavy atom. The summed E-state index contributed by atoms with van der Waals surface area (Å²) in [6.45, 7) is 1.85. The number of amides is 1. The number of rotatable bonds is 2. The molecule has 1 rings (SSSR count). The first kappa shape index (κ1) is 12.1. The van der Waals surface area contributed by atoms with Crippen LogP contribution in [0.2, 0.25) is 10.0 Å². The lowest BCUT2D eigenvalue weighted by molar-refractivity contribution is 0.168. The van der Waals surface area contributed by atoms with E-state index in [-0.39, 0.29) is 22.3 Å². The number of carbonyl (C=O) groups excluding carboxylic acids is 1. The number of anilines is 1. The molecular weight excluding hydrogens is 244 g/mol. The van der Waals surface area contributed by atoms with Crippen LogP contribution >= 0.6 is 23.2 Å². The highest BCUT2D eigenvalue weighted by molar-refractivity contribution is 6.42. The summed E-state index contributed by atoms with van der Waals surface area (Å²) in [5.41, 5.74) is -0.0668. The van der Waals surface area contributed by atoms with Crippen LogP contribution in [0.25, 0.3) is 0 Å². The average Bonchev–Trinajstić information content (AvgIpc) is 2.14. The van der Waals surface area contributed by atoms with E-state index < -0.39 is 11.9 Å². The molecular formula is C9H8Cl2FNO2. The molecule has 0 atom stereocenters. The molecule has 0 saturated heterocycles. The lowest BCUT2D eigenvalue weighted by atomic mass is 10.3. The first-order chi connectivity index (χ1) is 7.04. The second kappa shape index (κ2) is 5.19. The van der Waals surface area contributed by atoms with E-state index in [0.29, 0.717) is 0 Å². The maximum atomic E-state index is 13.2. The van der Waals surface area contributed by atoms with Gasteiger partial charge in [-0.2, -0.15) is 0 Å². The first-order valence-corrected chi connectivity index (χ1v) is 4.88. The fourth-order valence-corrected chi connectivity index (χ4v) is 1.21. The highest BCUT2D eigenvalue weighted by Gasteiger charge is 2.10. The van der Waals surface area contributed by atoms with Gasteiger partial charge in [0.25, 0.3) is 0 Å². The third-order valence-electron chi connectivity index (χ3n) is 1.52. The Balaban J connectivity index is 2.86. The zero-order chi connectivity index (χ0) is 11.4. The van der Waals surface area contributed by atoms with Crippen LogP contribution in [-0.4, -0.2) is 12.7 Å². The molecule has 1 N–H and O–H groups in total. The molecule has 3 nitrogen and oxygen atoms in total. The molecule has 0 aliphatic heterocycles. The summed E-state index contributed by atoms with van der Waals surface area (Å²) in [5, 5.41) is 2.44. The van der Waals surface area contributed by atoms with Gasteiger partial charge in [0.2, 0.25) is 0 Å². The zero-order valence-electron chi connectivity index (χ0n) is 7.81. The van der Waals surface area contributed by atoms with E-state index in [0.717, 1.165) is 6.07 Å². The second-order valence-corrected chi connectivity index (χ2v) is 3.41. The van der Waals surface area contributed by atoms with E-state index in [2.05, 4.69) is 10.1 Å². The van der Waals surface area contributed by atoms with Gasteiger partial charge >= 0.3 is 6.09 Å². The highest BCUT2D eigenvalue weighted by atomic mass is 35.5. The van der Waals surface area contributed by atoms with E-state index in [1.807, 2.05) is 0 Å². The van der Waals surface area contributed by atoms with Gasteiger partial charge in [0.1, 0.15) is 5.82 Å². The molecule has 0 saturated carbocycles. The lowest BCUT2D eigenvalue weighted by Crippen LogP contribution is -2.14. The summed E-state index contributed by atoms with van der Waals surface area (Å²) in [6.07, 6.45) is -0.741. The van der Waals surface area contributed by atoms with Crippen molar-refractivity contribution in [2.75, 3.05) is 11.9 Å². The van der Waals surface area contributed by atoms with Gasteiger partial charge in [-0.1, -0.05) is 23.2 Å². The fraction of sp³-hybridized carbons (Fsp3) is 0.222. The fourth-order valence-electron chi connectivity index (χ4n) is 0.895. The van der Waals surface area contributed by atoms with Crippen molar-refractivity contribution in [2.24, 2.45) is 0 Å². The van der Waals surface area contributed by atoms with Crippen LogP contribution < -0.4 is 5.32 Å². The van der Waals surface area contributed by atoms with Crippen LogP contribution in [0.1, 0.15) is 6.92 Å². The second-order valence-electron chi connectivity index (χ2n) is 2.59. The number of halogens is 3. The van der Waals surface area contributed by atoms with E-state index in [4.69, 9.17) is 23.2 Å².